The minimum absolute atomic E-state index is 0.982. The summed E-state index contributed by atoms with van der Waals surface area (Å²) in [7, 11) is 0. The van der Waals surface area contributed by atoms with Crippen LogP contribution in [0.4, 0.5) is 11.5 Å². The number of anilines is 2. The van der Waals surface area contributed by atoms with E-state index in [4.69, 9.17) is 0 Å². The molecule has 1 N–H and O–H groups in total. The predicted octanol–water partition coefficient (Wildman–Crippen LogP) is 3.30. The van der Waals surface area contributed by atoms with Gasteiger partial charge in [0, 0.05) is 49.5 Å². The molecule has 0 radical (unpaired) electrons. The van der Waals surface area contributed by atoms with Gasteiger partial charge in [-0.05, 0) is 54.3 Å². The normalized spacial score (nSPS) is 16.8. The van der Waals surface area contributed by atoms with Gasteiger partial charge in [-0.25, -0.2) is 4.31 Å². The molecule has 1 aromatic heterocycles. The molecular weight excluding hydrogens is 318 g/mol. The second kappa shape index (κ2) is 8.35. The molecule has 2 aliphatic rings. The largest absolute Gasteiger partial charge is 0.384 e. The number of nitrogens with one attached hydrogen (secondary N) is 1. The standard InChI is InChI=1S/C16H19N5S.C2H6/c1-2-16(19-18-6-1)20-8-10-21(11-9-20)22-14-3-4-15-13(12-14)5-7-17-15;1-2/h1-4,6,12,17H,5,7-11H2;1-2H3. The molecule has 0 spiro atoms. The van der Waals surface area contributed by atoms with E-state index in [1.165, 1.54) is 16.1 Å². The van der Waals surface area contributed by atoms with Crippen molar-refractivity contribution in [2.75, 3.05) is 42.9 Å². The van der Waals surface area contributed by atoms with Crippen molar-refractivity contribution >= 4 is 23.5 Å². The third-order valence-corrected chi connectivity index (χ3v) is 5.23. The molecule has 4 rings (SSSR count). The Morgan fingerprint density at radius 3 is 2.67 bits per heavy atom. The molecule has 1 aromatic carbocycles. The highest BCUT2D eigenvalue weighted by molar-refractivity contribution is 7.97. The molecule has 1 saturated heterocycles. The number of aromatic nitrogens is 2. The monoisotopic (exact) mass is 343 g/mol. The van der Waals surface area contributed by atoms with Gasteiger partial charge in [-0.2, -0.15) is 5.10 Å². The van der Waals surface area contributed by atoms with Gasteiger partial charge in [-0.3, -0.25) is 0 Å². The van der Waals surface area contributed by atoms with Crippen molar-refractivity contribution in [3.63, 3.8) is 0 Å². The third kappa shape index (κ3) is 3.99. The first-order valence-electron chi connectivity index (χ1n) is 8.71. The number of fused-ring (bicyclic) bond motifs is 1. The molecule has 6 heteroatoms. The van der Waals surface area contributed by atoms with Gasteiger partial charge in [0.15, 0.2) is 5.82 Å². The fraction of sp³-hybridized carbons (Fsp3) is 0.444. The van der Waals surface area contributed by atoms with Crippen molar-refractivity contribution in [2.45, 2.75) is 25.2 Å². The molecule has 2 aromatic rings. The van der Waals surface area contributed by atoms with Gasteiger partial charge >= 0.3 is 0 Å². The van der Waals surface area contributed by atoms with E-state index in [-0.39, 0.29) is 0 Å². The van der Waals surface area contributed by atoms with Crippen LogP contribution in [0, 0.1) is 0 Å². The van der Waals surface area contributed by atoms with Crippen molar-refractivity contribution in [3.05, 3.63) is 42.1 Å². The van der Waals surface area contributed by atoms with Crippen LogP contribution in [0.5, 0.6) is 0 Å². The van der Waals surface area contributed by atoms with Gasteiger partial charge < -0.3 is 10.2 Å². The van der Waals surface area contributed by atoms with Crippen LogP contribution in [0.3, 0.4) is 0 Å². The van der Waals surface area contributed by atoms with Gasteiger partial charge in [0.1, 0.15) is 0 Å². The lowest BCUT2D eigenvalue weighted by molar-refractivity contribution is 0.427. The minimum Gasteiger partial charge on any atom is -0.384 e. The highest BCUT2D eigenvalue weighted by atomic mass is 32.2. The molecule has 0 aliphatic carbocycles. The van der Waals surface area contributed by atoms with Gasteiger partial charge in [-0.15, -0.1) is 5.10 Å². The Kier molecular flexibility index (Phi) is 5.93. The van der Waals surface area contributed by atoms with E-state index < -0.39 is 0 Å². The van der Waals surface area contributed by atoms with Crippen LogP contribution in [0.1, 0.15) is 19.4 Å². The molecule has 2 aliphatic heterocycles. The van der Waals surface area contributed by atoms with Crippen LogP contribution in [0.25, 0.3) is 0 Å². The highest BCUT2D eigenvalue weighted by Crippen LogP contribution is 2.30. The van der Waals surface area contributed by atoms with Crippen LogP contribution in [-0.2, 0) is 6.42 Å². The Bertz CT molecular complexity index is 641. The average Bonchev–Trinajstić information content (AvgIpc) is 3.13. The summed E-state index contributed by atoms with van der Waals surface area (Å²) in [5, 5.41) is 11.6. The molecule has 0 saturated carbocycles. The zero-order valence-corrected chi connectivity index (χ0v) is 15.2. The van der Waals surface area contributed by atoms with Crippen LogP contribution in [0.15, 0.2) is 41.4 Å². The summed E-state index contributed by atoms with van der Waals surface area (Å²) in [6.45, 7) is 9.14. The van der Waals surface area contributed by atoms with Gasteiger partial charge in [0.25, 0.3) is 0 Å². The molecular formula is C18H25N5S. The quantitative estimate of drug-likeness (QED) is 0.863. The van der Waals surface area contributed by atoms with E-state index in [2.05, 4.69) is 42.9 Å². The Morgan fingerprint density at radius 2 is 1.92 bits per heavy atom. The Labute approximate surface area is 148 Å². The fourth-order valence-corrected chi connectivity index (χ4v) is 3.93. The molecule has 1 fully saturated rings. The molecule has 0 bridgehead atoms. The zero-order chi connectivity index (χ0) is 16.8. The zero-order valence-electron chi connectivity index (χ0n) is 14.4. The summed E-state index contributed by atoms with van der Waals surface area (Å²) in [5.41, 5.74) is 2.75. The summed E-state index contributed by atoms with van der Waals surface area (Å²) < 4.78 is 2.44. The Balaban J connectivity index is 0.000000815. The maximum Gasteiger partial charge on any atom is 0.151 e. The van der Waals surface area contributed by atoms with Gasteiger partial charge in [0.05, 0.1) is 0 Å². The second-order valence-corrected chi connectivity index (χ2v) is 6.76. The maximum atomic E-state index is 4.19. The number of hydrogen-bond acceptors (Lipinski definition) is 6. The van der Waals surface area contributed by atoms with Crippen LogP contribution < -0.4 is 10.2 Å². The molecule has 3 heterocycles. The van der Waals surface area contributed by atoms with Crippen molar-refractivity contribution in [1.82, 2.24) is 14.5 Å². The van der Waals surface area contributed by atoms with E-state index in [1.807, 2.05) is 37.9 Å². The summed E-state index contributed by atoms with van der Waals surface area (Å²) in [5.74, 6) is 0.982. The van der Waals surface area contributed by atoms with Gasteiger partial charge in [0.2, 0.25) is 0 Å². The molecule has 0 unspecified atom stereocenters. The molecule has 128 valence electrons. The van der Waals surface area contributed by atoms with Crippen molar-refractivity contribution in [1.29, 1.82) is 0 Å². The fourth-order valence-electron chi connectivity index (χ4n) is 2.96. The SMILES string of the molecule is CC.c1cnnc(N2CCN(Sc3ccc4c(c3)CCN4)CC2)c1. The minimum atomic E-state index is 0.982. The molecule has 0 atom stereocenters. The number of benzene rings is 1. The number of rotatable bonds is 3. The summed E-state index contributed by atoms with van der Waals surface area (Å²) >= 11 is 1.87. The van der Waals surface area contributed by atoms with Crippen LogP contribution in [-0.4, -0.2) is 47.2 Å². The van der Waals surface area contributed by atoms with E-state index in [0.29, 0.717) is 0 Å². The van der Waals surface area contributed by atoms with Crippen molar-refractivity contribution in [2.24, 2.45) is 0 Å². The van der Waals surface area contributed by atoms with E-state index >= 15 is 0 Å². The van der Waals surface area contributed by atoms with E-state index in [9.17, 15) is 0 Å². The van der Waals surface area contributed by atoms with Crippen LogP contribution in [0.2, 0.25) is 0 Å². The van der Waals surface area contributed by atoms with Crippen LogP contribution >= 0.6 is 11.9 Å². The van der Waals surface area contributed by atoms with Gasteiger partial charge in [-0.1, -0.05) is 13.8 Å². The number of piperazine rings is 1. The molecule has 5 nitrogen and oxygen atoms in total. The number of hydrogen-bond donors (Lipinski definition) is 1. The number of nitrogens with zero attached hydrogens (tertiary/aromatic N) is 4. The molecule has 0 amide bonds. The van der Waals surface area contributed by atoms with Crippen molar-refractivity contribution in [3.8, 4) is 0 Å². The lowest BCUT2D eigenvalue weighted by Gasteiger charge is -2.34. The predicted molar refractivity (Wildman–Crippen MR) is 102 cm³/mol. The Hall–Kier alpha value is -1.79. The van der Waals surface area contributed by atoms with Crippen molar-refractivity contribution < 1.29 is 0 Å². The second-order valence-electron chi connectivity index (χ2n) is 5.58. The average molecular weight is 344 g/mol. The first-order valence-corrected chi connectivity index (χ1v) is 9.48. The summed E-state index contributed by atoms with van der Waals surface area (Å²) in [6, 6.07) is 10.7. The van der Waals surface area contributed by atoms with E-state index in [1.54, 1.807) is 6.20 Å². The summed E-state index contributed by atoms with van der Waals surface area (Å²) in [6.07, 6.45) is 2.86. The Morgan fingerprint density at radius 1 is 1.08 bits per heavy atom. The lowest BCUT2D eigenvalue weighted by Crippen LogP contribution is -2.43. The first kappa shape index (κ1) is 17.0. The maximum absolute atomic E-state index is 4.19. The first-order chi connectivity index (χ1) is 11.9. The summed E-state index contributed by atoms with van der Waals surface area (Å²) in [4.78, 5) is 3.65. The van der Waals surface area contributed by atoms with E-state index in [0.717, 1.165) is 45.0 Å². The smallest absolute Gasteiger partial charge is 0.151 e. The lowest BCUT2D eigenvalue weighted by atomic mass is 10.2. The highest BCUT2D eigenvalue weighted by Gasteiger charge is 2.19. The third-order valence-electron chi connectivity index (χ3n) is 4.14. The topological polar surface area (TPSA) is 44.3 Å². The molecule has 24 heavy (non-hydrogen) atoms.